The Bertz CT molecular complexity index is 2120. The molecule has 7 nitrogen and oxygen atoms in total. The average Bonchev–Trinajstić information content (AvgIpc) is 3.62. The number of hydrogen-bond donors (Lipinski definition) is 0. The topological polar surface area (TPSA) is 97.6 Å². The molecule has 5 aromatic carbocycles. The van der Waals surface area contributed by atoms with Crippen LogP contribution in [0.1, 0.15) is 33.4 Å². The van der Waals surface area contributed by atoms with Gasteiger partial charge in [-0.2, -0.15) is 0 Å². The second-order valence-corrected chi connectivity index (χ2v) is 13.9. The molecule has 8 rings (SSSR count). The lowest BCUT2D eigenvalue weighted by molar-refractivity contribution is -0.384. The first-order valence-electron chi connectivity index (χ1n) is 16.0. The fraction of sp³-hybridized carbons (Fsp3) is 0.146. The normalized spacial score (nSPS) is 24.1. The Labute approximate surface area is 291 Å². The Hall–Kier alpha value is -5.47. The lowest BCUT2D eigenvalue weighted by Crippen LogP contribution is -2.45. The number of hydrogen-bond acceptors (Lipinski definition) is 5. The van der Waals surface area contributed by atoms with Crippen molar-refractivity contribution in [3.8, 4) is 0 Å². The summed E-state index contributed by atoms with van der Waals surface area (Å²) in [4.78, 5) is 59.0. The van der Waals surface area contributed by atoms with E-state index in [2.05, 4.69) is 15.9 Å². The van der Waals surface area contributed by atoms with Gasteiger partial charge in [0.1, 0.15) is 5.69 Å². The summed E-state index contributed by atoms with van der Waals surface area (Å²) in [6, 6.07) is 38.6. The van der Waals surface area contributed by atoms with Crippen molar-refractivity contribution in [1.29, 1.82) is 0 Å². The van der Waals surface area contributed by atoms with Gasteiger partial charge in [-0.05, 0) is 59.4 Å². The van der Waals surface area contributed by atoms with Gasteiger partial charge >= 0.3 is 0 Å². The summed E-state index contributed by atoms with van der Waals surface area (Å²) in [5, 5.41) is 12.4. The summed E-state index contributed by atoms with van der Waals surface area (Å²) >= 11 is 3.30. The zero-order valence-electron chi connectivity index (χ0n) is 26.6. The van der Waals surface area contributed by atoms with Gasteiger partial charge in [0.05, 0.1) is 27.6 Å². The molecular formula is C41H29BrN2O5. The number of fused-ring (bicyclic) bond motifs is 5. The minimum Gasteiger partial charge on any atom is -0.297 e. The Balaban J connectivity index is 1.55. The predicted molar refractivity (Wildman–Crippen MR) is 191 cm³/mol. The number of benzene rings is 5. The molecule has 49 heavy (non-hydrogen) atoms. The number of halogens is 1. The molecule has 0 aromatic heterocycles. The molecule has 240 valence electrons. The number of allylic oxidation sites excluding steroid dienone is 2. The molecule has 0 spiro atoms. The van der Waals surface area contributed by atoms with E-state index in [0.717, 1.165) is 27.2 Å². The van der Waals surface area contributed by atoms with Crippen LogP contribution in [0.15, 0.2) is 132 Å². The quantitative estimate of drug-likeness (QED) is 0.101. The summed E-state index contributed by atoms with van der Waals surface area (Å²) in [7, 11) is 0. The first-order chi connectivity index (χ1) is 23.6. The minimum atomic E-state index is -1.59. The molecule has 2 aliphatic carbocycles. The van der Waals surface area contributed by atoms with Gasteiger partial charge in [0, 0.05) is 10.5 Å². The van der Waals surface area contributed by atoms with Crippen LogP contribution in [0.2, 0.25) is 0 Å². The Morgan fingerprint density at radius 1 is 0.633 bits per heavy atom. The van der Waals surface area contributed by atoms with Crippen LogP contribution in [0.4, 0.5) is 11.4 Å². The molecule has 5 aromatic rings. The third-order valence-corrected chi connectivity index (χ3v) is 11.0. The Morgan fingerprint density at radius 3 is 1.47 bits per heavy atom. The van der Waals surface area contributed by atoms with Crippen molar-refractivity contribution in [2.45, 2.75) is 24.7 Å². The third-order valence-electron chi connectivity index (χ3n) is 10.5. The van der Waals surface area contributed by atoms with Crippen LogP contribution < -0.4 is 4.90 Å². The van der Waals surface area contributed by atoms with Gasteiger partial charge < -0.3 is 0 Å². The fourth-order valence-corrected chi connectivity index (χ4v) is 8.98. The van der Waals surface area contributed by atoms with Gasteiger partial charge in [-0.15, -0.1) is 0 Å². The van der Waals surface area contributed by atoms with Crippen molar-refractivity contribution >= 4 is 56.0 Å². The highest BCUT2D eigenvalue weighted by molar-refractivity contribution is 9.10. The summed E-state index contributed by atoms with van der Waals surface area (Å²) in [5.74, 6) is -3.87. The lowest BCUT2D eigenvalue weighted by atomic mass is 9.59. The maximum Gasteiger partial charge on any atom is 0.294 e. The van der Waals surface area contributed by atoms with Crippen LogP contribution in [0.3, 0.4) is 0 Å². The van der Waals surface area contributed by atoms with E-state index in [1.165, 1.54) is 12.1 Å². The summed E-state index contributed by atoms with van der Waals surface area (Å²) < 4.78 is 0.434. The number of aryl methyl sites for hydroxylation is 2. The molecule has 1 saturated carbocycles. The lowest BCUT2D eigenvalue weighted by Gasteiger charge is -2.39. The van der Waals surface area contributed by atoms with E-state index in [4.69, 9.17) is 0 Å². The molecule has 0 unspecified atom stereocenters. The van der Waals surface area contributed by atoms with Gasteiger partial charge in [0.25, 0.3) is 5.69 Å². The van der Waals surface area contributed by atoms with Crippen molar-refractivity contribution < 1.29 is 19.3 Å². The maximum absolute atomic E-state index is 16.0. The number of imide groups is 1. The molecule has 0 N–H and O–H groups in total. The zero-order chi connectivity index (χ0) is 34.2. The molecule has 8 heteroatoms. The average molecular weight is 710 g/mol. The van der Waals surface area contributed by atoms with Gasteiger partial charge in [0.2, 0.25) is 11.8 Å². The van der Waals surface area contributed by atoms with Crippen LogP contribution in [0, 0.1) is 35.8 Å². The van der Waals surface area contributed by atoms with Crippen molar-refractivity contribution in [3.63, 3.8) is 0 Å². The van der Waals surface area contributed by atoms with E-state index in [9.17, 15) is 10.1 Å². The molecule has 3 aliphatic rings. The van der Waals surface area contributed by atoms with Crippen LogP contribution in [0.5, 0.6) is 0 Å². The third kappa shape index (κ3) is 4.04. The maximum atomic E-state index is 16.0. The standard InChI is InChI=1S/C41H29BrN2O5/c1-24-13-17-26(18-14-24)33-34(27-19-15-25(2)16-20-27)41(29-11-7-4-8-12-29)36-35(40(33,39(41)47)28-9-5-3-6-10-28)37(45)43(38(36)46)31-22-21-30(42)23-32(31)44(48)49/h3-23,35-36H,1-2H3/t35-,36-,40+,41+/m0/s1. The summed E-state index contributed by atoms with van der Waals surface area (Å²) in [6.07, 6.45) is 0. The van der Waals surface area contributed by atoms with E-state index in [1.807, 2.05) is 123 Å². The Kier molecular flexibility index (Phi) is 6.94. The smallest absolute Gasteiger partial charge is 0.294 e. The molecule has 1 aliphatic heterocycles. The van der Waals surface area contributed by atoms with Crippen molar-refractivity contribution in [1.82, 2.24) is 0 Å². The van der Waals surface area contributed by atoms with Gasteiger partial charge in [-0.1, -0.05) is 136 Å². The monoisotopic (exact) mass is 708 g/mol. The van der Waals surface area contributed by atoms with Crippen molar-refractivity contribution in [3.05, 3.63) is 175 Å². The zero-order valence-corrected chi connectivity index (χ0v) is 28.2. The number of anilines is 1. The van der Waals surface area contributed by atoms with Gasteiger partial charge in [-0.3, -0.25) is 24.5 Å². The van der Waals surface area contributed by atoms with Gasteiger partial charge in [-0.25, -0.2) is 4.90 Å². The SMILES string of the molecule is Cc1ccc(C2=C(c3ccc(C)cc3)[C@@]3(c4ccccc4)C(=O)[C@@]2(c2ccccc2)[C@@H]2C(=O)N(c4ccc(Br)cc4[N+](=O)[O-])C(=O)[C@H]23)cc1. The van der Waals surface area contributed by atoms with E-state index < -0.39 is 39.4 Å². The number of nitrogens with zero attached hydrogens (tertiary/aromatic N) is 2. The highest BCUT2D eigenvalue weighted by Crippen LogP contribution is 2.74. The highest BCUT2D eigenvalue weighted by atomic mass is 79.9. The largest absolute Gasteiger partial charge is 0.297 e. The second kappa shape index (κ2) is 11.0. The van der Waals surface area contributed by atoms with E-state index in [1.54, 1.807) is 6.07 Å². The van der Waals surface area contributed by atoms with Crippen LogP contribution in [-0.2, 0) is 25.2 Å². The number of carbonyl (C=O) groups is 3. The number of nitro groups is 1. The van der Waals surface area contributed by atoms with E-state index in [-0.39, 0.29) is 17.2 Å². The summed E-state index contributed by atoms with van der Waals surface area (Å²) in [6.45, 7) is 3.98. The van der Waals surface area contributed by atoms with Gasteiger partial charge in [0.15, 0.2) is 5.78 Å². The number of amides is 2. The Morgan fingerprint density at radius 2 is 1.06 bits per heavy atom. The number of ketones is 1. The first kappa shape index (κ1) is 30.8. The number of nitro benzene ring substituents is 1. The molecule has 4 atom stereocenters. The molecule has 2 amide bonds. The highest BCUT2D eigenvalue weighted by Gasteiger charge is 2.83. The first-order valence-corrected chi connectivity index (χ1v) is 16.8. The van der Waals surface area contributed by atoms with E-state index >= 15 is 14.4 Å². The number of rotatable bonds is 6. The van der Waals surface area contributed by atoms with Crippen LogP contribution in [0.25, 0.3) is 11.1 Å². The number of Topliss-reactive ketones (excluding diaryl/α,β-unsaturated/α-hetero) is 1. The molecule has 1 saturated heterocycles. The molecule has 1 heterocycles. The fourth-order valence-electron chi connectivity index (χ4n) is 8.63. The number of carbonyl (C=O) groups excluding carboxylic acids is 3. The molecule has 0 radical (unpaired) electrons. The van der Waals surface area contributed by atoms with Crippen LogP contribution in [-0.4, -0.2) is 22.5 Å². The van der Waals surface area contributed by atoms with Crippen LogP contribution >= 0.6 is 15.9 Å². The molecule has 2 fully saturated rings. The van der Waals surface area contributed by atoms with Crippen molar-refractivity contribution in [2.75, 3.05) is 4.90 Å². The molecular weight excluding hydrogens is 680 g/mol. The van der Waals surface area contributed by atoms with E-state index in [0.29, 0.717) is 26.7 Å². The van der Waals surface area contributed by atoms with Crippen molar-refractivity contribution in [2.24, 2.45) is 11.8 Å². The molecule has 2 bridgehead atoms. The minimum absolute atomic E-state index is 0.121. The second-order valence-electron chi connectivity index (χ2n) is 13.0. The summed E-state index contributed by atoms with van der Waals surface area (Å²) in [5.41, 5.74) is 2.43. The predicted octanol–water partition coefficient (Wildman–Crippen LogP) is 8.16.